The van der Waals surface area contributed by atoms with Crippen LogP contribution in [0, 0.1) is 0 Å². The Kier molecular flexibility index (Phi) is 5.18. The summed E-state index contributed by atoms with van der Waals surface area (Å²) in [7, 11) is 0. The summed E-state index contributed by atoms with van der Waals surface area (Å²) in [5.41, 5.74) is 3.88. The standard InChI is InChI=1S/C25H23BrN2O3/c26-20-5-3-19(4-6-20)25(11-1-2-12-25)24(30)27-21-7-8-22-17(15-21)9-13-28(22)23(29)18-10-14-31-16-18/h3-8,10,14-16H,1-2,9,11-13H2,(H,27,30). The van der Waals surface area contributed by atoms with Gasteiger partial charge < -0.3 is 14.6 Å². The Hall–Kier alpha value is -2.86. The molecule has 0 spiro atoms. The van der Waals surface area contributed by atoms with Gasteiger partial charge in [0.25, 0.3) is 5.91 Å². The van der Waals surface area contributed by atoms with E-state index in [4.69, 9.17) is 4.42 Å². The molecule has 0 unspecified atom stereocenters. The summed E-state index contributed by atoms with van der Waals surface area (Å²) in [5, 5.41) is 3.17. The molecular weight excluding hydrogens is 456 g/mol. The highest BCUT2D eigenvalue weighted by molar-refractivity contribution is 9.10. The Labute approximate surface area is 189 Å². The largest absolute Gasteiger partial charge is 0.472 e. The highest BCUT2D eigenvalue weighted by atomic mass is 79.9. The van der Waals surface area contributed by atoms with Crippen LogP contribution in [-0.2, 0) is 16.6 Å². The molecule has 0 radical (unpaired) electrons. The summed E-state index contributed by atoms with van der Waals surface area (Å²) in [4.78, 5) is 27.9. The number of amides is 2. The van der Waals surface area contributed by atoms with Gasteiger partial charge in [0.15, 0.2) is 0 Å². The number of furan rings is 1. The van der Waals surface area contributed by atoms with Crippen LogP contribution >= 0.6 is 15.9 Å². The second kappa shape index (κ2) is 8.00. The van der Waals surface area contributed by atoms with Crippen LogP contribution in [0.1, 0.15) is 47.2 Å². The normalized spacial score (nSPS) is 16.9. The van der Waals surface area contributed by atoms with Gasteiger partial charge in [-0.25, -0.2) is 0 Å². The molecule has 1 aliphatic heterocycles. The van der Waals surface area contributed by atoms with E-state index in [1.54, 1.807) is 11.0 Å². The van der Waals surface area contributed by atoms with Crippen molar-refractivity contribution in [1.82, 2.24) is 0 Å². The van der Waals surface area contributed by atoms with Gasteiger partial charge in [-0.3, -0.25) is 9.59 Å². The number of carbonyl (C=O) groups is 2. The van der Waals surface area contributed by atoms with Crippen LogP contribution in [0.4, 0.5) is 11.4 Å². The van der Waals surface area contributed by atoms with Gasteiger partial charge in [0.05, 0.1) is 17.2 Å². The third kappa shape index (κ3) is 3.59. The van der Waals surface area contributed by atoms with E-state index >= 15 is 0 Å². The fraction of sp³-hybridized carbons (Fsp3) is 0.280. The Bertz CT molecular complexity index is 1120. The Balaban J connectivity index is 1.37. The van der Waals surface area contributed by atoms with E-state index in [2.05, 4.69) is 33.4 Å². The van der Waals surface area contributed by atoms with Gasteiger partial charge in [-0.2, -0.15) is 0 Å². The van der Waals surface area contributed by atoms with Gasteiger partial charge in [-0.05, 0) is 66.8 Å². The zero-order valence-corrected chi connectivity index (χ0v) is 18.7. The second-order valence-corrected chi connectivity index (χ2v) is 9.23. The average molecular weight is 479 g/mol. The predicted octanol–water partition coefficient (Wildman–Crippen LogP) is 5.70. The van der Waals surface area contributed by atoms with Crippen LogP contribution < -0.4 is 10.2 Å². The molecule has 1 aliphatic carbocycles. The lowest BCUT2D eigenvalue weighted by molar-refractivity contribution is -0.121. The maximum Gasteiger partial charge on any atom is 0.261 e. The van der Waals surface area contributed by atoms with Crippen LogP contribution in [0.25, 0.3) is 0 Å². The molecule has 5 nitrogen and oxygen atoms in total. The Morgan fingerprint density at radius 2 is 1.81 bits per heavy atom. The number of hydrogen-bond acceptors (Lipinski definition) is 3. The molecule has 2 aromatic carbocycles. The summed E-state index contributed by atoms with van der Waals surface area (Å²) in [6, 6.07) is 15.6. The van der Waals surface area contributed by atoms with E-state index in [9.17, 15) is 9.59 Å². The first-order chi connectivity index (χ1) is 15.1. The number of nitrogens with one attached hydrogen (secondary N) is 1. The molecule has 158 valence electrons. The number of hydrogen-bond donors (Lipinski definition) is 1. The molecule has 0 atom stereocenters. The Morgan fingerprint density at radius 1 is 1.03 bits per heavy atom. The number of benzene rings is 2. The molecule has 6 heteroatoms. The van der Waals surface area contributed by atoms with Crippen molar-refractivity contribution >= 4 is 39.1 Å². The highest BCUT2D eigenvalue weighted by Gasteiger charge is 2.42. The Morgan fingerprint density at radius 3 is 2.52 bits per heavy atom. The second-order valence-electron chi connectivity index (χ2n) is 8.31. The maximum atomic E-state index is 13.5. The average Bonchev–Trinajstić information content (AvgIpc) is 3.54. The summed E-state index contributed by atoms with van der Waals surface area (Å²) >= 11 is 3.48. The van der Waals surface area contributed by atoms with Crippen molar-refractivity contribution in [3.05, 3.63) is 82.2 Å². The molecule has 1 aromatic heterocycles. The summed E-state index contributed by atoms with van der Waals surface area (Å²) in [6.45, 7) is 0.625. The fourth-order valence-corrected chi connectivity index (χ4v) is 5.14. The number of rotatable bonds is 4. The third-order valence-corrected chi connectivity index (χ3v) is 7.06. The summed E-state index contributed by atoms with van der Waals surface area (Å²) in [5.74, 6) is -0.0129. The first-order valence-electron chi connectivity index (χ1n) is 10.6. The van der Waals surface area contributed by atoms with E-state index in [0.29, 0.717) is 12.1 Å². The van der Waals surface area contributed by atoms with E-state index < -0.39 is 5.41 Å². The molecule has 2 heterocycles. The fourth-order valence-electron chi connectivity index (χ4n) is 4.88. The molecule has 0 bridgehead atoms. The first kappa shape index (κ1) is 20.1. The van der Waals surface area contributed by atoms with Crippen LogP contribution in [0.5, 0.6) is 0 Å². The van der Waals surface area contributed by atoms with Crippen LogP contribution in [0.2, 0.25) is 0 Å². The third-order valence-electron chi connectivity index (χ3n) is 6.53. The lowest BCUT2D eigenvalue weighted by Crippen LogP contribution is -2.38. The van der Waals surface area contributed by atoms with Gasteiger partial charge >= 0.3 is 0 Å². The molecule has 0 saturated heterocycles. The molecule has 1 N–H and O–H groups in total. The predicted molar refractivity (Wildman–Crippen MR) is 123 cm³/mol. The van der Waals surface area contributed by atoms with Gasteiger partial charge in [0, 0.05) is 22.4 Å². The molecule has 31 heavy (non-hydrogen) atoms. The molecule has 3 aromatic rings. The topological polar surface area (TPSA) is 62.6 Å². The highest BCUT2D eigenvalue weighted by Crippen LogP contribution is 2.42. The molecule has 2 amide bonds. The van der Waals surface area contributed by atoms with Crippen LogP contribution in [0.3, 0.4) is 0 Å². The van der Waals surface area contributed by atoms with Crippen molar-refractivity contribution in [1.29, 1.82) is 0 Å². The lowest BCUT2D eigenvalue weighted by Gasteiger charge is -2.28. The molecule has 2 aliphatic rings. The minimum atomic E-state index is -0.483. The van der Waals surface area contributed by atoms with Crippen LogP contribution in [-0.4, -0.2) is 18.4 Å². The van der Waals surface area contributed by atoms with Crippen molar-refractivity contribution < 1.29 is 14.0 Å². The zero-order valence-electron chi connectivity index (χ0n) is 17.1. The number of nitrogens with zero attached hydrogens (tertiary/aromatic N) is 1. The van der Waals surface area contributed by atoms with Crippen molar-refractivity contribution in [3.63, 3.8) is 0 Å². The number of halogens is 1. The van der Waals surface area contributed by atoms with Gasteiger partial charge in [0.1, 0.15) is 6.26 Å². The first-order valence-corrected chi connectivity index (χ1v) is 11.4. The molecular formula is C25H23BrN2O3. The van der Waals surface area contributed by atoms with Crippen molar-refractivity contribution in [2.45, 2.75) is 37.5 Å². The number of carbonyl (C=O) groups excluding carboxylic acids is 2. The van der Waals surface area contributed by atoms with Crippen molar-refractivity contribution in [3.8, 4) is 0 Å². The minimum absolute atomic E-state index is 0.0524. The zero-order chi connectivity index (χ0) is 21.4. The molecule has 1 saturated carbocycles. The van der Waals surface area contributed by atoms with Gasteiger partial charge in [0.2, 0.25) is 5.91 Å². The quantitative estimate of drug-likeness (QED) is 0.523. The van der Waals surface area contributed by atoms with E-state index in [1.807, 2.05) is 30.3 Å². The smallest absolute Gasteiger partial charge is 0.261 e. The molecule has 1 fully saturated rings. The molecule has 5 rings (SSSR count). The lowest BCUT2D eigenvalue weighted by atomic mass is 9.78. The summed E-state index contributed by atoms with van der Waals surface area (Å²) < 4.78 is 6.06. The van der Waals surface area contributed by atoms with Crippen LogP contribution in [0.15, 0.2) is 69.9 Å². The number of anilines is 2. The monoisotopic (exact) mass is 478 g/mol. The SMILES string of the molecule is O=C(c1ccoc1)N1CCc2cc(NC(=O)C3(c4ccc(Br)cc4)CCCC3)ccc21. The number of fused-ring (bicyclic) bond motifs is 1. The van der Waals surface area contributed by atoms with Crippen molar-refractivity contribution in [2.75, 3.05) is 16.8 Å². The van der Waals surface area contributed by atoms with E-state index in [1.165, 1.54) is 12.5 Å². The summed E-state index contributed by atoms with van der Waals surface area (Å²) in [6.07, 6.45) is 7.57. The van der Waals surface area contributed by atoms with Gasteiger partial charge in [-0.15, -0.1) is 0 Å². The van der Waals surface area contributed by atoms with Gasteiger partial charge in [-0.1, -0.05) is 40.9 Å². The van der Waals surface area contributed by atoms with E-state index in [0.717, 1.165) is 59.1 Å². The maximum absolute atomic E-state index is 13.5. The van der Waals surface area contributed by atoms with Crippen molar-refractivity contribution in [2.24, 2.45) is 0 Å². The van der Waals surface area contributed by atoms with E-state index in [-0.39, 0.29) is 11.8 Å². The minimum Gasteiger partial charge on any atom is -0.472 e.